The average Bonchev–Trinajstić information content (AvgIpc) is 3.34. The number of hydrogen-bond donors (Lipinski definition) is 1. The van der Waals surface area contributed by atoms with E-state index in [1.54, 1.807) is 24.0 Å². The zero-order valence-corrected chi connectivity index (χ0v) is 15.4. The highest BCUT2D eigenvalue weighted by molar-refractivity contribution is 6.00. The number of carbonyl (C=O) groups excluding carboxylic acids is 2. The van der Waals surface area contributed by atoms with E-state index in [-0.39, 0.29) is 23.8 Å². The maximum absolute atomic E-state index is 13.8. The van der Waals surface area contributed by atoms with Gasteiger partial charge in [-0.15, -0.1) is 5.10 Å². The lowest BCUT2D eigenvalue weighted by atomic mass is 10.2. The summed E-state index contributed by atoms with van der Waals surface area (Å²) in [5, 5.41) is 10.7. The maximum atomic E-state index is 13.8. The summed E-state index contributed by atoms with van der Waals surface area (Å²) in [5.41, 5.74) is -0.181. The Morgan fingerprint density at radius 1 is 1.28 bits per heavy atom. The number of amides is 2. The number of likely N-dealkylation sites (N-methyl/N-ethyl adjacent to an activating group) is 1. The summed E-state index contributed by atoms with van der Waals surface area (Å²) in [7, 11) is 1.61. The van der Waals surface area contributed by atoms with Crippen molar-refractivity contribution >= 4 is 17.6 Å². The molecule has 4 rings (SSSR count). The van der Waals surface area contributed by atoms with Crippen LogP contribution in [0.3, 0.4) is 0 Å². The molecular weight excluding hydrogens is 384 g/mol. The van der Waals surface area contributed by atoms with Crippen molar-refractivity contribution in [1.82, 2.24) is 29.9 Å². The Bertz CT molecular complexity index is 1060. The molecule has 150 valence electrons. The zero-order valence-electron chi connectivity index (χ0n) is 15.4. The molecule has 3 aromatic rings. The molecule has 2 aromatic heterocycles. The lowest BCUT2D eigenvalue weighted by molar-refractivity contribution is -0.120. The predicted octanol–water partition coefficient (Wildman–Crippen LogP) is 0.966. The third-order valence-electron chi connectivity index (χ3n) is 4.72. The number of anilines is 1. The number of hydrogen-bond acceptors (Lipinski definition) is 5. The van der Waals surface area contributed by atoms with E-state index in [1.807, 2.05) is 0 Å². The Kier molecular flexibility index (Phi) is 4.79. The van der Waals surface area contributed by atoms with E-state index in [2.05, 4.69) is 20.5 Å². The van der Waals surface area contributed by atoms with Crippen molar-refractivity contribution in [3.05, 3.63) is 59.8 Å². The molecule has 0 spiro atoms. The van der Waals surface area contributed by atoms with E-state index in [4.69, 9.17) is 0 Å². The predicted molar refractivity (Wildman–Crippen MR) is 97.0 cm³/mol. The van der Waals surface area contributed by atoms with Crippen LogP contribution in [-0.2, 0) is 17.9 Å². The van der Waals surface area contributed by atoms with Crippen LogP contribution in [0.5, 0.6) is 0 Å². The van der Waals surface area contributed by atoms with Crippen molar-refractivity contribution in [3.63, 3.8) is 0 Å². The van der Waals surface area contributed by atoms with Gasteiger partial charge in [-0.05, 0) is 18.6 Å². The summed E-state index contributed by atoms with van der Waals surface area (Å²) in [6, 6.07) is 4.49. The summed E-state index contributed by atoms with van der Waals surface area (Å²) in [5.74, 6) is -1.91. The van der Waals surface area contributed by atoms with Crippen LogP contribution in [0.25, 0.3) is 0 Å². The molecule has 29 heavy (non-hydrogen) atoms. The van der Waals surface area contributed by atoms with Crippen molar-refractivity contribution < 1.29 is 18.4 Å². The number of benzene rings is 1. The fraction of sp³-hybridized carbons (Fsp3) is 0.278. The Hall–Kier alpha value is -3.63. The number of nitrogens with zero attached hydrogens (tertiary/aromatic N) is 6. The molecule has 1 aromatic carbocycles. The third-order valence-corrected chi connectivity index (χ3v) is 4.72. The van der Waals surface area contributed by atoms with E-state index in [1.165, 1.54) is 17.3 Å². The van der Waals surface area contributed by atoms with Gasteiger partial charge in [0, 0.05) is 25.2 Å². The second-order valence-electron chi connectivity index (χ2n) is 6.59. The maximum Gasteiger partial charge on any atom is 0.291 e. The van der Waals surface area contributed by atoms with Crippen molar-refractivity contribution in [3.8, 4) is 0 Å². The van der Waals surface area contributed by atoms with Gasteiger partial charge in [-0.3, -0.25) is 14.5 Å². The van der Waals surface area contributed by atoms with Crippen LogP contribution in [-0.4, -0.2) is 49.4 Å². The van der Waals surface area contributed by atoms with Gasteiger partial charge in [0.05, 0.1) is 12.7 Å². The molecule has 0 radical (unpaired) electrons. The van der Waals surface area contributed by atoms with Gasteiger partial charge in [0.1, 0.15) is 29.8 Å². The Morgan fingerprint density at radius 3 is 2.79 bits per heavy atom. The van der Waals surface area contributed by atoms with Gasteiger partial charge in [0.15, 0.2) is 0 Å². The summed E-state index contributed by atoms with van der Waals surface area (Å²) in [6.07, 6.45) is 3.16. The molecule has 3 heterocycles. The van der Waals surface area contributed by atoms with E-state index in [0.29, 0.717) is 18.8 Å². The largest absolute Gasteiger partial charge is 0.337 e. The van der Waals surface area contributed by atoms with Gasteiger partial charge >= 0.3 is 0 Å². The Morgan fingerprint density at radius 2 is 2.03 bits per heavy atom. The Labute approximate surface area is 163 Å². The molecule has 9 nitrogen and oxygen atoms in total. The highest BCUT2D eigenvalue weighted by Gasteiger charge is 2.30. The van der Waals surface area contributed by atoms with Crippen LogP contribution in [0.15, 0.2) is 36.8 Å². The third kappa shape index (κ3) is 3.58. The first-order valence-electron chi connectivity index (χ1n) is 8.86. The molecule has 1 atom stereocenters. The molecular formula is C18H17F2N7O2. The normalized spacial score (nSPS) is 16.4. The molecule has 1 aliphatic heterocycles. The number of rotatable bonds is 4. The topological polar surface area (TPSA) is 97.9 Å². The van der Waals surface area contributed by atoms with Gasteiger partial charge in [-0.2, -0.15) is 5.10 Å². The summed E-state index contributed by atoms with van der Waals surface area (Å²) >= 11 is 0. The number of nitrogens with one attached hydrogen (secondary N) is 1. The van der Waals surface area contributed by atoms with E-state index < -0.39 is 23.6 Å². The second kappa shape index (κ2) is 7.41. The van der Waals surface area contributed by atoms with Crippen LogP contribution < -0.4 is 10.2 Å². The number of aromatic nitrogens is 5. The monoisotopic (exact) mass is 401 g/mol. The highest BCUT2D eigenvalue weighted by Crippen LogP contribution is 2.19. The lowest BCUT2D eigenvalue weighted by Crippen LogP contribution is -2.47. The van der Waals surface area contributed by atoms with Crippen LogP contribution in [0.2, 0.25) is 0 Å². The minimum absolute atomic E-state index is 0.181. The lowest BCUT2D eigenvalue weighted by Gasteiger charge is -2.19. The molecule has 1 aliphatic rings. The SMILES string of the molecule is CN1C(=O)[C@@H](NC(=O)c2ncn(Cc3c(F)cccc3F)n2)CCn2nccc21. The molecule has 2 amide bonds. The van der Waals surface area contributed by atoms with Crippen LogP contribution in [0.4, 0.5) is 14.6 Å². The van der Waals surface area contributed by atoms with Crippen LogP contribution in [0, 0.1) is 11.6 Å². The number of carbonyl (C=O) groups is 2. The van der Waals surface area contributed by atoms with Gasteiger partial charge < -0.3 is 5.32 Å². The fourth-order valence-electron chi connectivity index (χ4n) is 3.18. The quantitative estimate of drug-likeness (QED) is 0.703. The van der Waals surface area contributed by atoms with E-state index in [9.17, 15) is 18.4 Å². The number of halogens is 2. The molecule has 0 aliphatic carbocycles. The number of fused-ring (bicyclic) bond motifs is 1. The van der Waals surface area contributed by atoms with Gasteiger partial charge in [0.2, 0.25) is 5.82 Å². The average molecular weight is 401 g/mol. The van der Waals surface area contributed by atoms with Gasteiger partial charge in [0.25, 0.3) is 11.8 Å². The minimum atomic E-state index is -0.773. The standard InChI is InChI=1S/C18H17F2N7O2/c1-25-15-5-7-22-27(15)8-6-14(18(25)29)23-17(28)16-21-10-26(24-16)9-11-12(19)3-2-4-13(11)20/h2-5,7,10,14H,6,8-9H2,1H3,(H,23,28)/t14-/m0/s1. The van der Waals surface area contributed by atoms with E-state index >= 15 is 0 Å². The van der Waals surface area contributed by atoms with Crippen LogP contribution in [0.1, 0.15) is 22.6 Å². The molecule has 0 saturated heterocycles. The van der Waals surface area contributed by atoms with Gasteiger partial charge in [-0.1, -0.05) is 6.07 Å². The molecule has 0 unspecified atom stereocenters. The van der Waals surface area contributed by atoms with Gasteiger partial charge in [-0.25, -0.2) is 23.1 Å². The van der Waals surface area contributed by atoms with Crippen molar-refractivity contribution in [2.75, 3.05) is 11.9 Å². The molecule has 0 fully saturated rings. The minimum Gasteiger partial charge on any atom is -0.337 e. The first-order chi connectivity index (χ1) is 13.9. The summed E-state index contributed by atoms with van der Waals surface area (Å²) in [6.45, 7) is 0.239. The summed E-state index contributed by atoms with van der Waals surface area (Å²) < 4.78 is 30.4. The first kappa shape index (κ1) is 18.7. The molecule has 0 bridgehead atoms. The smallest absolute Gasteiger partial charge is 0.291 e. The second-order valence-corrected chi connectivity index (χ2v) is 6.59. The van der Waals surface area contributed by atoms with Crippen molar-refractivity contribution in [2.45, 2.75) is 25.6 Å². The molecule has 11 heteroatoms. The fourth-order valence-corrected chi connectivity index (χ4v) is 3.18. The first-order valence-corrected chi connectivity index (χ1v) is 8.86. The summed E-state index contributed by atoms with van der Waals surface area (Å²) in [4.78, 5) is 30.4. The zero-order chi connectivity index (χ0) is 20.5. The Balaban J connectivity index is 1.46. The van der Waals surface area contributed by atoms with Crippen molar-refractivity contribution in [1.29, 1.82) is 0 Å². The number of aryl methyl sites for hydroxylation is 1. The van der Waals surface area contributed by atoms with E-state index in [0.717, 1.165) is 16.8 Å². The molecule has 0 saturated carbocycles. The molecule has 1 N–H and O–H groups in total. The van der Waals surface area contributed by atoms with Crippen molar-refractivity contribution in [2.24, 2.45) is 0 Å². The van der Waals surface area contributed by atoms with Crippen LogP contribution >= 0.6 is 0 Å². The highest BCUT2D eigenvalue weighted by atomic mass is 19.1.